The summed E-state index contributed by atoms with van der Waals surface area (Å²) in [7, 11) is 3.20. The topological polar surface area (TPSA) is 52.6 Å². The van der Waals surface area contributed by atoms with Gasteiger partial charge in [0, 0.05) is 11.8 Å². The van der Waals surface area contributed by atoms with Crippen molar-refractivity contribution in [2.75, 3.05) is 14.2 Å². The van der Waals surface area contributed by atoms with E-state index in [1.165, 1.54) is 0 Å². The van der Waals surface area contributed by atoms with Gasteiger partial charge >= 0.3 is 0 Å². The van der Waals surface area contributed by atoms with Crippen LogP contribution >= 0.6 is 0 Å². The monoisotopic (exact) mass is 378 g/mol. The molecule has 0 fully saturated rings. The van der Waals surface area contributed by atoms with Gasteiger partial charge in [-0.2, -0.15) is 0 Å². The van der Waals surface area contributed by atoms with Gasteiger partial charge in [0.05, 0.1) is 37.9 Å². The molecule has 2 unspecified atom stereocenters. The fourth-order valence-electron chi connectivity index (χ4n) is 6.01. The van der Waals surface area contributed by atoms with Crippen LogP contribution in [-0.2, 0) is 19.1 Å². The minimum absolute atomic E-state index is 0.0433. The van der Waals surface area contributed by atoms with Gasteiger partial charge < -0.3 is 9.47 Å². The molecular formula is C24H26O4. The smallest absolute Gasteiger partial charge is 0.152 e. The molecule has 0 aliphatic heterocycles. The Hall–Kier alpha value is -2.62. The van der Waals surface area contributed by atoms with Gasteiger partial charge in [-0.25, -0.2) is 0 Å². The van der Waals surface area contributed by atoms with Crippen LogP contribution in [0.2, 0.25) is 0 Å². The highest BCUT2D eigenvalue weighted by Gasteiger charge is 2.71. The molecule has 0 aromatic heterocycles. The van der Waals surface area contributed by atoms with Gasteiger partial charge in [0.1, 0.15) is 11.5 Å². The van der Waals surface area contributed by atoms with Crippen LogP contribution in [0.4, 0.5) is 0 Å². The Kier molecular flexibility index (Phi) is 4.33. The minimum atomic E-state index is -1.02. The summed E-state index contributed by atoms with van der Waals surface area (Å²) in [5.74, 6) is 1.03. The number of rotatable bonds is 5. The molecule has 0 amide bonds. The molecule has 4 aliphatic rings. The van der Waals surface area contributed by atoms with Crippen molar-refractivity contribution < 1.29 is 19.1 Å². The first kappa shape index (κ1) is 18.7. The van der Waals surface area contributed by atoms with E-state index in [1.54, 1.807) is 14.2 Å². The van der Waals surface area contributed by atoms with E-state index >= 15 is 0 Å². The van der Waals surface area contributed by atoms with Crippen LogP contribution in [0.15, 0.2) is 71.3 Å². The molecule has 4 aliphatic carbocycles. The summed E-state index contributed by atoms with van der Waals surface area (Å²) in [6, 6.07) is 0. The molecule has 0 spiro atoms. The fraction of sp³-hybridized carbons (Fsp3) is 0.417. The number of ketones is 2. The van der Waals surface area contributed by atoms with Crippen molar-refractivity contribution in [2.45, 2.75) is 26.7 Å². The van der Waals surface area contributed by atoms with Crippen molar-refractivity contribution in [1.82, 2.24) is 0 Å². The second kappa shape index (κ2) is 6.47. The maximum atomic E-state index is 13.8. The molecule has 146 valence electrons. The average molecular weight is 378 g/mol. The van der Waals surface area contributed by atoms with Gasteiger partial charge in [0.25, 0.3) is 0 Å². The molecule has 0 heterocycles. The predicted octanol–water partition coefficient (Wildman–Crippen LogP) is 4.23. The molecule has 0 saturated heterocycles. The second-order valence-electron chi connectivity index (χ2n) is 7.91. The lowest BCUT2D eigenvalue weighted by atomic mass is 9.47. The zero-order valence-electron chi connectivity index (χ0n) is 16.8. The molecule has 0 aromatic rings. The Bertz CT molecular complexity index is 826. The summed E-state index contributed by atoms with van der Waals surface area (Å²) in [5.41, 5.74) is -0.320. The third kappa shape index (κ3) is 2.01. The first-order valence-corrected chi connectivity index (χ1v) is 9.71. The number of ether oxygens (including phenoxy) is 2. The highest BCUT2D eigenvalue weighted by Crippen LogP contribution is 2.67. The first-order chi connectivity index (χ1) is 13.5. The molecule has 4 nitrogen and oxygen atoms in total. The Labute approximate surface area is 166 Å². The number of allylic oxidation sites excluding steroid dienone is 12. The summed E-state index contributed by atoms with van der Waals surface area (Å²) in [4.78, 5) is 27.7. The lowest BCUT2D eigenvalue weighted by molar-refractivity contribution is -0.144. The molecule has 0 bridgehead atoms. The van der Waals surface area contributed by atoms with Crippen LogP contribution in [0.5, 0.6) is 0 Å². The van der Waals surface area contributed by atoms with E-state index < -0.39 is 10.8 Å². The number of hydrogen-bond donors (Lipinski definition) is 0. The normalized spacial score (nSPS) is 32.7. The molecule has 0 saturated carbocycles. The Morgan fingerprint density at radius 1 is 0.714 bits per heavy atom. The molecule has 4 heteroatoms. The van der Waals surface area contributed by atoms with Crippen LogP contribution in [0.1, 0.15) is 26.7 Å². The summed E-state index contributed by atoms with van der Waals surface area (Å²) in [6.07, 6.45) is 16.4. The lowest BCUT2D eigenvalue weighted by Gasteiger charge is -2.51. The summed E-state index contributed by atoms with van der Waals surface area (Å²) in [6.45, 7) is 3.92. The highest BCUT2D eigenvalue weighted by molar-refractivity contribution is 6.06. The van der Waals surface area contributed by atoms with E-state index in [1.807, 2.05) is 62.5 Å². The predicted molar refractivity (Wildman–Crippen MR) is 107 cm³/mol. The molecule has 0 aromatic carbocycles. The number of hydrogen-bond acceptors (Lipinski definition) is 4. The van der Waals surface area contributed by atoms with E-state index in [9.17, 15) is 9.59 Å². The molecule has 0 N–H and O–H groups in total. The summed E-state index contributed by atoms with van der Waals surface area (Å²) >= 11 is 0. The molecule has 28 heavy (non-hydrogen) atoms. The van der Waals surface area contributed by atoms with Gasteiger partial charge in [-0.15, -0.1) is 0 Å². The van der Waals surface area contributed by atoms with E-state index in [4.69, 9.17) is 9.47 Å². The van der Waals surface area contributed by atoms with Crippen LogP contribution in [0.25, 0.3) is 0 Å². The van der Waals surface area contributed by atoms with Crippen LogP contribution < -0.4 is 0 Å². The third-order valence-electron chi connectivity index (χ3n) is 7.15. The summed E-state index contributed by atoms with van der Waals surface area (Å²) in [5, 5.41) is 0. The van der Waals surface area contributed by atoms with E-state index in [0.29, 0.717) is 11.5 Å². The van der Waals surface area contributed by atoms with E-state index in [0.717, 1.165) is 11.1 Å². The Balaban J connectivity index is 2.11. The lowest BCUT2D eigenvalue weighted by Crippen LogP contribution is -2.57. The van der Waals surface area contributed by atoms with Crippen molar-refractivity contribution in [3.8, 4) is 0 Å². The van der Waals surface area contributed by atoms with Gasteiger partial charge in [0.2, 0.25) is 0 Å². The van der Waals surface area contributed by atoms with Crippen LogP contribution in [-0.4, -0.2) is 25.8 Å². The average Bonchev–Trinajstić information content (AvgIpc) is 3.46. The van der Waals surface area contributed by atoms with Crippen molar-refractivity contribution in [3.63, 3.8) is 0 Å². The maximum Gasteiger partial charge on any atom is 0.152 e. The fourth-order valence-corrected chi connectivity index (χ4v) is 6.01. The van der Waals surface area contributed by atoms with Gasteiger partial charge in [0.15, 0.2) is 11.6 Å². The van der Waals surface area contributed by atoms with Gasteiger partial charge in [-0.3, -0.25) is 9.59 Å². The zero-order chi connectivity index (χ0) is 20.1. The second-order valence-corrected chi connectivity index (χ2v) is 7.91. The van der Waals surface area contributed by atoms with Crippen LogP contribution in [0, 0.1) is 22.7 Å². The van der Waals surface area contributed by atoms with Crippen LogP contribution in [0.3, 0.4) is 0 Å². The molecule has 4 rings (SSSR count). The standard InChI is InChI=1S/C24H26O4/c1-15-19(27-3)13-21(25)23(15,17-9-5-6-10-17)24(18-11-7-8-12-18)16(2)20(28-4)14-22(24)26/h5-12,17-18H,13-14H2,1-4H3. The third-order valence-corrected chi connectivity index (χ3v) is 7.15. The largest absolute Gasteiger partial charge is 0.501 e. The van der Waals surface area contributed by atoms with Crippen molar-refractivity contribution >= 4 is 11.6 Å². The van der Waals surface area contributed by atoms with E-state index in [2.05, 4.69) is 0 Å². The molecule has 0 radical (unpaired) electrons. The van der Waals surface area contributed by atoms with E-state index in [-0.39, 0.29) is 36.2 Å². The number of methoxy groups -OCH3 is 2. The van der Waals surface area contributed by atoms with Crippen molar-refractivity contribution in [3.05, 3.63) is 71.3 Å². The number of carbonyl (C=O) groups is 2. The maximum absolute atomic E-state index is 13.8. The number of carbonyl (C=O) groups excluding carboxylic acids is 2. The minimum Gasteiger partial charge on any atom is -0.501 e. The van der Waals surface area contributed by atoms with Crippen molar-refractivity contribution in [1.29, 1.82) is 0 Å². The highest BCUT2D eigenvalue weighted by atomic mass is 16.5. The van der Waals surface area contributed by atoms with Crippen molar-refractivity contribution in [2.24, 2.45) is 22.7 Å². The Morgan fingerprint density at radius 2 is 1.04 bits per heavy atom. The zero-order valence-corrected chi connectivity index (χ0v) is 16.8. The number of Topliss-reactive ketones (excluding diaryl/α,β-unsaturated/α-hetero) is 2. The van der Waals surface area contributed by atoms with Gasteiger partial charge in [-0.1, -0.05) is 48.6 Å². The Morgan fingerprint density at radius 3 is 1.29 bits per heavy atom. The SMILES string of the molecule is COC1=C(C)C(C2C=CC=C2)(C2(C3C=CC=C3)C(=O)CC(OC)=C2C)C(=O)C1. The molecular weight excluding hydrogens is 352 g/mol. The molecule has 2 atom stereocenters. The quantitative estimate of drug-likeness (QED) is 0.718. The first-order valence-electron chi connectivity index (χ1n) is 9.71. The van der Waals surface area contributed by atoms with Gasteiger partial charge in [-0.05, 0) is 25.0 Å². The summed E-state index contributed by atoms with van der Waals surface area (Å²) < 4.78 is 11.2.